The molecule has 98 valence electrons. The molecular weight excluding hydrogens is 254 g/mol. The molecule has 0 atom stereocenters. The summed E-state index contributed by atoms with van der Waals surface area (Å²) in [6, 6.07) is 0. The standard InChI is InChI=1S/C10H15N5O2S/c1-15-6-12-7-8(15)13-10(11)14-9(7)17-3-5-18-4-2-16/h6,16H,2-5H2,1H3,(H2,11,13,14). The maximum Gasteiger partial charge on any atom is 0.247 e. The molecule has 0 aliphatic rings. The number of nitrogens with zero attached hydrogens (tertiary/aromatic N) is 4. The van der Waals surface area contributed by atoms with Crippen molar-refractivity contribution in [2.45, 2.75) is 0 Å². The zero-order chi connectivity index (χ0) is 13.0. The Labute approximate surface area is 108 Å². The quantitative estimate of drug-likeness (QED) is 0.715. The van der Waals surface area contributed by atoms with Crippen LogP contribution in [0.2, 0.25) is 0 Å². The maximum absolute atomic E-state index is 8.65. The smallest absolute Gasteiger partial charge is 0.247 e. The van der Waals surface area contributed by atoms with Crippen LogP contribution in [0, 0.1) is 0 Å². The molecular formula is C10H15N5O2S. The molecule has 7 nitrogen and oxygen atoms in total. The van der Waals surface area contributed by atoms with Crippen molar-refractivity contribution >= 4 is 28.9 Å². The molecule has 0 aliphatic carbocycles. The number of ether oxygens (including phenoxy) is 1. The van der Waals surface area contributed by atoms with Crippen molar-refractivity contribution in [3.63, 3.8) is 0 Å². The lowest BCUT2D eigenvalue weighted by atomic mass is 10.5. The van der Waals surface area contributed by atoms with E-state index in [1.165, 1.54) is 0 Å². The van der Waals surface area contributed by atoms with Gasteiger partial charge < -0.3 is 20.1 Å². The summed E-state index contributed by atoms with van der Waals surface area (Å²) in [7, 11) is 1.84. The predicted octanol–water partition coefficient (Wildman–Crippen LogP) is 0.0498. The van der Waals surface area contributed by atoms with Gasteiger partial charge in [-0.2, -0.15) is 21.7 Å². The SMILES string of the molecule is Cn1cnc2c(OCCSCCO)nc(N)nc21. The highest BCUT2D eigenvalue weighted by Gasteiger charge is 2.11. The summed E-state index contributed by atoms with van der Waals surface area (Å²) >= 11 is 1.61. The summed E-state index contributed by atoms with van der Waals surface area (Å²) in [4.78, 5) is 12.3. The molecule has 0 saturated carbocycles. The van der Waals surface area contributed by atoms with E-state index in [9.17, 15) is 0 Å². The Morgan fingerprint density at radius 3 is 3.06 bits per heavy atom. The minimum absolute atomic E-state index is 0.170. The van der Waals surface area contributed by atoms with Crippen molar-refractivity contribution in [1.29, 1.82) is 0 Å². The maximum atomic E-state index is 8.65. The average molecular weight is 269 g/mol. The van der Waals surface area contributed by atoms with Gasteiger partial charge in [-0.1, -0.05) is 0 Å². The fourth-order valence-electron chi connectivity index (χ4n) is 1.46. The number of aryl methyl sites for hydroxylation is 1. The van der Waals surface area contributed by atoms with Crippen molar-refractivity contribution in [2.24, 2.45) is 7.05 Å². The van der Waals surface area contributed by atoms with Gasteiger partial charge >= 0.3 is 0 Å². The summed E-state index contributed by atoms with van der Waals surface area (Å²) in [6.45, 7) is 0.669. The number of fused-ring (bicyclic) bond motifs is 1. The molecule has 0 unspecified atom stereocenters. The van der Waals surface area contributed by atoms with E-state index < -0.39 is 0 Å². The highest BCUT2D eigenvalue weighted by Crippen LogP contribution is 2.21. The summed E-state index contributed by atoms with van der Waals surface area (Å²) < 4.78 is 7.32. The van der Waals surface area contributed by atoms with Crippen molar-refractivity contribution in [3.8, 4) is 5.88 Å². The number of aliphatic hydroxyl groups is 1. The largest absolute Gasteiger partial charge is 0.475 e. The van der Waals surface area contributed by atoms with E-state index in [2.05, 4.69) is 15.0 Å². The third-order valence-corrected chi connectivity index (χ3v) is 3.17. The molecule has 0 aliphatic heterocycles. The van der Waals surface area contributed by atoms with Crippen LogP contribution in [0.5, 0.6) is 5.88 Å². The number of nitrogens with two attached hydrogens (primary N) is 1. The van der Waals surface area contributed by atoms with E-state index in [1.807, 2.05) is 7.05 Å². The first-order valence-electron chi connectivity index (χ1n) is 5.48. The van der Waals surface area contributed by atoms with Crippen LogP contribution in [0.25, 0.3) is 11.2 Å². The Morgan fingerprint density at radius 1 is 1.44 bits per heavy atom. The lowest BCUT2D eigenvalue weighted by Crippen LogP contribution is -2.06. The Balaban J connectivity index is 2.08. The Morgan fingerprint density at radius 2 is 2.28 bits per heavy atom. The van der Waals surface area contributed by atoms with Gasteiger partial charge in [0.2, 0.25) is 11.8 Å². The van der Waals surface area contributed by atoms with Gasteiger partial charge in [-0.3, -0.25) is 0 Å². The normalized spacial score (nSPS) is 11.0. The molecule has 0 saturated heterocycles. The minimum Gasteiger partial charge on any atom is -0.475 e. The highest BCUT2D eigenvalue weighted by molar-refractivity contribution is 7.99. The van der Waals surface area contributed by atoms with Crippen molar-refractivity contribution in [1.82, 2.24) is 19.5 Å². The number of anilines is 1. The molecule has 2 heterocycles. The number of hydrogen-bond donors (Lipinski definition) is 2. The van der Waals surface area contributed by atoms with Crippen LogP contribution in [0.1, 0.15) is 0 Å². The summed E-state index contributed by atoms with van der Waals surface area (Å²) in [5, 5.41) is 8.65. The second-order valence-electron chi connectivity index (χ2n) is 3.60. The van der Waals surface area contributed by atoms with E-state index in [0.29, 0.717) is 29.4 Å². The van der Waals surface area contributed by atoms with Crippen LogP contribution < -0.4 is 10.5 Å². The van der Waals surface area contributed by atoms with E-state index >= 15 is 0 Å². The molecule has 2 aromatic heterocycles. The van der Waals surface area contributed by atoms with Crippen LogP contribution in [0.3, 0.4) is 0 Å². The van der Waals surface area contributed by atoms with Crippen LogP contribution in [0.4, 0.5) is 5.95 Å². The number of aliphatic hydroxyl groups excluding tert-OH is 1. The first-order valence-corrected chi connectivity index (χ1v) is 6.64. The third kappa shape index (κ3) is 2.82. The molecule has 3 N–H and O–H groups in total. The van der Waals surface area contributed by atoms with Crippen molar-refractivity contribution in [3.05, 3.63) is 6.33 Å². The van der Waals surface area contributed by atoms with Gasteiger partial charge in [0.1, 0.15) is 0 Å². The predicted molar refractivity (Wildman–Crippen MR) is 70.6 cm³/mol. The van der Waals surface area contributed by atoms with E-state index in [1.54, 1.807) is 22.7 Å². The lowest BCUT2D eigenvalue weighted by Gasteiger charge is -2.06. The number of nitrogen functional groups attached to an aromatic ring is 1. The molecule has 18 heavy (non-hydrogen) atoms. The molecule has 0 bridgehead atoms. The van der Waals surface area contributed by atoms with E-state index in [0.717, 1.165) is 5.75 Å². The first kappa shape index (κ1) is 12.9. The van der Waals surface area contributed by atoms with Gasteiger partial charge in [-0.05, 0) is 0 Å². The van der Waals surface area contributed by atoms with Gasteiger partial charge in [0.25, 0.3) is 0 Å². The first-order chi connectivity index (χ1) is 8.72. The number of imidazole rings is 1. The van der Waals surface area contributed by atoms with E-state index in [4.69, 9.17) is 15.6 Å². The Kier molecular flexibility index (Phi) is 4.21. The van der Waals surface area contributed by atoms with Gasteiger partial charge in [-0.25, -0.2) is 4.98 Å². The van der Waals surface area contributed by atoms with Crippen LogP contribution in [-0.2, 0) is 7.05 Å². The minimum atomic E-state index is 0.170. The molecule has 0 aromatic carbocycles. The van der Waals surface area contributed by atoms with E-state index in [-0.39, 0.29) is 12.6 Å². The summed E-state index contributed by atoms with van der Waals surface area (Å²) in [5.41, 5.74) is 6.89. The topological polar surface area (TPSA) is 99.1 Å². The summed E-state index contributed by atoms with van der Waals surface area (Å²) in [6.07, 6.45) is 1.64. The monoisotopic (exact) mass is 269 g/mol. The number of thioether (sulfide) groups is 1. The van der Waals surface area contributed by atoms with Crippen molar-refractivity contribution < 1.29 is 9.84 Å². The number of aromatic nitrogens is 4. The van der Waals surface area contributed by atoms with Crippen molar-refractivity contribution in [2.75, 3.05) is 30.5 Å². The van der Waals surface area contributed by atoms with Crippen LogP contribution in [0.15, 0.2) is 6.33 Å². The zero-order valence-electron chi connectivity index (χ0n) is 10.0. The van der Waals surface area contributed by atoms with Gasteiger partial charge in [-0.15, -0.1) is 0 Å². The van der Waals surface area contributed by atoms with Crippen LogP contribution in [-0.4, -0.2) is 49.3 Å². The average Bonchev–Trinajstić information content (AvgIpc) is 2.71. The fraction of sp³-hybridized carbons (Fsp3) is 0.500. The van der Waals surface area contributed by atoms with Gasteiger partial charge in [0, 0.05) is 18.6 Å². The Bertz CT molecular complexity index is 530. The van der Waals surface area contributed by atoms with Crippen LogP contribution >= 0.6 is 11.8 Å². The molecule has 0 spiro atoms. The second kappa shape index (κ2) is 5.87. The molecule has 0 radical (unpaired) electrons. The summed E-state index contributed by atoms with van der Waals surface area (Å²) in [5.74, 6) is 2.05. The van der Waals surface area contributed by atoms with Gasteiger partial charge in [0.15, 0.2) is 11.2 Å². The molecule has 0 fully saturated rings. The number of rotatable bonds is 6. The van der Waals surface area contributed by atoms with Gasteiger partial charge in [0.05, 0.1) is 19.5 Å². The zero-order valence-corrected chi connectivity index (χ0v) is 10.9. The lowest BCUT2D eigenvalue weighted by molar-refractivity contribution is 0.321. The molecule has 0 amide bonds. The fourth-order valence-corrected chi connectivity index (χ4v) is 2.00. The number of hydrogen-bond acceptors (Lipinski definition) is 7. The molecule has 8 heteroatoms. The Hall–Kier alpha value is -1.54. The molecule has 2 rings (SSSR count). The third-order valence-electron chi connectivity index (χ3n) is 2.25. The molecule has 2 aromatic rings. The highest BCUT2D eigenvalue weighted by atomic mass is 32.2. The second-order valence-corrected chi connectivity index (χ2v) is 4.82.